The van der Waals surface area contributed by atoms with Crippen LogP contribution in [0.2, 0.25) is 0 Å². The molecule has 0 atom stereocenters. The third-order valence-corrected chi connectivity index (χ3v) is 2.26. The van der Waals surface area contributed by atoms with Crippen molar-refractivity contribution in [1.82, 2.24) is 9.78 Å². The van der Waals surface area contributed by atoms with Gasteiger partial charge in [0, 0.05) is 25.4 Å². The maximum atomic E-state index is 13.0. The molecule has 0 radical (unpaired) electrons. The van der Waals surface area contributed by atoms with Crippen LogP contribution in [0.1, 0.15) is 11.1 Å². The number of benzene rings is 1. The van der Waals surface area contributed by atoms with Crippen LogP contribution in [0.3, 0.4) is 0 Å². The lowest BCUT2D eigenvalue weighted by Crippen LogP contribution is -1.96. The van der Waals surface area contributed by atoms with Crippen molar-refractivity contribution in [3.05, 3.63) is 47.5 Å². The summed E-state index contributed by atoms with van der Waals surface area (Å²) < 4.78 is 14.7. The van der Waals surface area contributed by atoms with Gasteiger partial charge in [0.15, 0.2) is 0 Å². The first-order valence-corrected chi connectivity index (χ1v) is 4.66. The van der Waals surface area contributed by atoms with Gasteiger partial charge < -0.3 is 5.73 Å². The Labute approximate surface area is 87.3 Å². The second kappa shape index (κ2) is 3.73. The average Bonchev–Trinajstić information content (AvgIpc) is 2.58. The fourth-order valence-electron chi connectivity index (χ4n) is 1.51. The molecule has 1 aromatic heterocycles. The van der Waals surface area contributed by atoms with Crippen LogP contribution in [0.15, 0.2) is 30.6 Å². The van der Waals surface area contributed by atoms with Crippen LogP contribution in [0.4, 0.5) is 10.1 Å². The van der Waals surface area contributed by atoms with Gasteiger partial charge in [-0.3, -0.25) is 4.68 Å². The van der Waals surface area contributed by atoms with Gasteiger partial charge in [-0.2, -0.15) is 5.10 Å². The van der Waals surface area contributed by atoms with Crippen molar-refractivity contribution >= 4 is 5.69 Å². The molecular weight excluding hydrogens is 193 g/mol. The Kier molecular flexibility index (Phi) is 2.41. The number of hydrogen-bond acceptors (Lipinski definition) is 2. The van der Waals surface area contributed by atoms with Gasteiger partial charge in [-0.15, -0.1) is 0 Å². The minimum Gasteiger partial charge on any atom is -0.398 e. The van der Waals surface area contributed by atoms with E-state index in [1.165, 1.54) is 12.1 Å². The highest BCUT2D eigenvalue weighted by molar-refractivity contribution is 5.48. The molecule has 2 aromatic rings. The average molecular weight is 205 g/mol. The van der Waals surface area contributed by atoms with Gasteiger partial charge in [-0.1, -0.05) is 0 Å². The summed E-state index contributed by atoms with van der Waals surface area (Å²) in [6, 6.07) is 4.41. The molecule has 1 aromatic carbocycles. The van der Waals surface area contributed by atoms with Crippen LogP contribution in [0.25, 0.3) is 0 Å². The molecule has 0 saturated carbocycles. The van der Waals surface area contributed by atoms with Crippen molar-refractivity contribution in [2.24, 2.45) is 7.05 Å². The predicted octanol–water partition coefficient (Wildman–Crippen LogP) is 1.73. The number of halogens is 1. The SMILES string of the molecule is Cn1cc(Cc2cc(F)ccc2N)cn1. The third kappa shape index (κ3) is 2.15. The summed E-state index contributed by atoms with van der Waals surface area (Å²) in [4.78, 5) is 0. The first-order chi connectivity index (χ1) is 7.15. The largest absolute Gasteiger partial charge is 0.398 e. The highest BCUT2D eigenvalue weighted by Crippen LogP contribution is 2.17. The lowest BCUT2D eigenvalue weighted by atomic mass is 10.1. The maximum absolute atomic E-state index is 13.0. The smallest absolute Gasteiger partial charge is 0.123 e. The zero-order valence-electron chi connectivity index (χ0n) is 8.44. The molecule has 0 amide bonds. The second-order valence-electron chi connectivity index (χ2n) is 3.54. The highest BCUT2D eigenvalue weighted by Gasteiger charge is 2.04. The minimum atomic E-state index is -0.261. The van der Waals surface area contributed by atoms with E-state index in [0.717, 1.165) is 11.1 Å². The number of aromatic nitrogens is 2. The van der Waals surface area contributed by atoms with E-state index in [1.54, 1.807) is 16.9 Å². The number of aryl methyl sites for hydroxylation is 1. The van der Waals surface area contributed by atoms with Crippen molar-refractivity contribution in [3.8, 4) is 0 Å². The Morgan fingerprint density at radius 3 is 2.93 bits per heavy atom. The monoisotopic (exact) mass is 205 g/mol. The van der Waals surface area contributed by atoms with Crippen molar-refractivity contribution in [1.29, 1.82) is 0 Å². The number of hydrogen-bond donors (Lipinski definition) is 1. The summed E-state index contributed by atoms with van der Waals surface area (Å²) >= 11 is 0. The molecule has 3 nitrogen and oxygen atoms in total. The summed E-state index contributed by atoms with van der Waals surface area (Å²) in [5.74, 6) is -0.261. The number of nitrogens with zero attached hydrogens (tertiary/aromatic N) is 2. The quantitative estimate of drug-likeness (QED) is 0.759. The van der Waals surface area contributed by atoms with Crippen molar-refractivity contribution in [2.45, 2.75) is 6.42 Å². The molecule has 4 heteroatoms. The Bertz CT molecular complexity index is 476. The highest BCUT2D eigenvalue weighted by atomic mass is 19.1. The van der Waals surface area contributed by atoms with Gasteiger partial charge in [-0.25, -0.2) is 4.39 Å². The Balaban J connectivity index is 2.27. The number of anilines is 1. The molecule has 2 rings (SSSR count). The minimum absolute atomic E-state index is 0.261. The Morgan fingerprint density at radius 2 is 2.27 bits per heavy atom. The molecule has 0 saturated heterocycles. The van der Waals surface area contributed by atoms with E-state index < -0.39 is 0 Å². The topological polar surface area (TPSA) is 43.8 Å². The number of rotatable bonds is 2. The predicted molar refractivity (Wildman–Crippen MR) is 56.8 cm³/mol. The van der Waals surface area contributed by atoms with Gasteiger partial charge >= 0.3 is 0 Å². The lowest BCUT2D eigenvalue weighted by molar-refractivity contribution is 0.626. The van der Waals surface area contributed by atoms with E-state index in [2.05, 4.69) is 5.10 Å². The molecular formula is C11H12FN3. The fourth-order valence-corrected chi connectivity index (χ4v) is 1.51. The first-order valence-electron chi connectivity index (χ1n) is 4.66. The Hall–Kier alpha value is -1.84. The van der Waals surface area contributed by atoms with Gasteiger partial charge in [0.25, 0.3) is 0 Å². The standard InChI is InChI=1S/C11H12FN3/c1-15-7-8(6-14-15)4-9-5-10(12)2-3-11(9)13/h2-3,5-7H,4,13H2,1H3. The maximum Gasteiger partial charge on any atom is 0.123 e. The van der Waals surface area contributed by atoms with Crippen molar-refractivity contribution in [2.75, 3.05) is 5.73 Å². The molecule has 0 aliphatic rings. The van der Waals surface area contributed by atoms with Gasteiger partial charge in [-0.05, 0) is 29.3 Å². The van der Waals surface area contributed by atoms with Crippen LogP contribution >= 0.6 is 0 Å². The molecule has 1 heterocycles. The summed E-state index contributed by atoms with van der Waals surface area (Å²) in [5.41, 5.74) is 8.18. The molecule has 0 aliphatic carbocycles. The first kappa shape index (κ1) is 9.71. The second-order valence-corrected chi connectivity index (χ2v) is 3.54. The zero-order chi connectivity index (χ0) is 10.8. The summed E-state index contributed by atoms with van der Waals surface area (Å²) in [5, 5.41) is 4.05. The third-order valence-electron chi connectivity index (χ3n) is 2.26. The Morgan fingerprint density at radius 1 is 1.47 bits per heavy atom. The summed E-state index contributed by atoms with van der Waals surface area (Å²) in [6.45, 7) is 0. The molecule has 78 valence electrons. The lowest BCUT2D eigenvalue weighted by Gasteiger charge is -2.03. The van der Waals surface area contributed by atoms with Crippen molar-refractivity contribution in [3.63, 3.8) is 0 Å². The van der Waals surface area contributed by atoms with E-state index in [0.29, 0.717) is 12.1 Å². The molecule has 15 heavy (non-hydrogen) atoms. The van der Waals surface area contributed by atoms with Gasteiger partial charge in [0.05, 0.1) is 6.20 Å². The number of nitrogens with two attached hydrogens (primary N) is 1. The van der Waals surface area contributed by atoms with Crippen molar-refractivity contribution < 1.29 is 4.39 Å². The van der Waals surface area contributed by atoms with E-state index in [4.69, 9.17) is 5.73 Å². The van der Waals surface area contributed by atoms with E-state index in [-0.39, 0.29) is 5.82 Å². The molecule has 2 N–H and O–H groups in total. The summed E-state index contributed by atoms with van der Waals surface area (Å²) in [6.07, 6.45) is 4.26. The zero-order valence-corrected chi connectivity index (χ0v) is 8.44. The number of nitrogen functional groups attached to an aromatic ring is 1. The van der Waals surface area contributed by atoms with E-state index in [1.807, 2.05) is 13.2 Å². The van der Waals surface area contributed by atoms with Crippen LogP contribution in [-0.4, -0.2) is 9.78 Å². The fraction of sp³-hybridized carbons (Fsp3) is 0.182. The van der Waals surface area contributed by atoms with Crippen LogP contribution in [0.5, 0.6) is 0 Å². The molecule has 0 aliphatic heterocycles. The van der Waals surface area contributed by atoms with Gasteiger partial charge in [0.1, 0.15) is 5.82 Å². The van der Waals surface area contributed by atoms with E-state index >= 15 is 0 Å². The molecule has 0 bridgehead atoms. The van der Waals surface area contributed by atoms with Gasteiger partial charge in [0.2, 0.25) is 0 Å². The molecule has 0 unspecified atom stereocenters. The van der Waals surface area contributed by atoms with Crippen LogP contribution < -0.4 is 5.73 Å². The van der Waals surface area contributed by atoms with Crippen LogP contribution in [0, 0.1) is 5.82 Å². The molecule has 0 fully saturated rings. The summed E-state index contributed by atoms with van der Waals surface area (Å²) in [7, 11) is 1.85. The van der Waals surface area contributed by atoms with Crippen LogP contribution in [-0.2, 0) is 13.5 Å². The normalized spacial score (nSPS) is 10.5. The van der Waals surface area contributed by atoms with E-state index in [9.17, 15) is 4.39 Å². The molecule has 0 spiro atoms.